The highest BCUT2D eigenvalue weighted by atomic mass is 14.5. The van der Waals surface area contributed by atoms with E-state index in [4.69, 9.17) is 6.42 Å². The van der Waals surface area contributed by atoms with E-state index >= 15 is 0 Å². The van der Waals surface area contributed by atoms with Gasteiger partial charge in [-0.2, -0.15) is 0 Å². The maximum Gasteiger partial charge on any atom is 0.0245 e. The van der Waals surface area contributed by atoms with Crippen LogP contribution in [-0.4, -0.2) is 0 Å². The largest absolute Gasteiger partial charge is 0.115 e. The highest BCUT2D eigenvalue weighted by Crippen LogP contribution is 2.55. The molecule has 0 nitrogen and oxygen atoms in total. The van der Waals surface area contributed by atoms with Crippen molar-refractivity contribution >= 4 is 0 Å². The minimum atomic E-state index is 0.245. The van der Waals surface area contributed by atoms with Gasteiger partial charge in [0, 0.05) is 5.56 Å². The van der Waals surface area contributed by atoms with E-state index in [1.165, 1.54) is 11.1 Å². The molecule has 0 aliphatic heterocycles. The summed E-state index contributed by atoms with van der Waals surface area (Å²) in [6.07, 6.45) is 5.40. The van der Waals surface area contributed by atoms with Gasteiger partial charge >= 0.3 is 0 Å². The molecule has 0 saturated carbocycles. The van der Waals surface area contributed by atoms with Crippen LogP contribution in [-0.2, 0) is 10.8 Å². The monoisotopic (exact) mass is 184 g/mol. The van der Waals surface area contributed by atoms with Gasteiger partial charge in [0.15, 0.2) is 0 Å². The van der Waals surface area contributed by atoms with E-state index in [1.807, 2.05) is 6.07 Å². The predicted molar refractivity (Wildman–Crippen MR) is 60.4 cm³/mol. The average Bonchev–Trinajstić information content (AvgIpc) is 2.16. The molecule has 1 aliphatic rings. The molecule has 0 bridgehead atoms. The maximum atomic E-state index is 5.40. The fourth-order valence-corrected chi connectivity index (χ4v) is 2.31. The molecule has 0 fully saturated rings. The van der Waals surface area contributed by atoms with Gasteiger partial charge < -0.3 is 0 Å². The lowest BCUT2D eigenvalue weighted by Gasteiger charge is -2.54. The van der Waals surface area contributed by atoms with Crippen LogP contribution in [0.4, 0.5) is 0 Å². The summed E-state index contributed by atoms with van der Waals surface area (Å²) in [7, 11) is 0. The lowest BCUT2D eigenvalue weighted by molar-refractivity contribution is 0.242. The topological polar surface area (TPSA) is 0 Å². The van der Waals surface area contributed by atoms with Crippen molar-refractivity contribution in [2.75, 3.05) is 0 Å². The van der Waals surface area contributed by atoms with E-state index in [1.54, 1.807) is 0 Å². The molecule has 0 unspecified atom stereocenters. The van der Waals surface area contributed by atoms with Crippen molar-refractivity contribution in [3.63, 3.8) is 0 Å². The molecule has 1 aromatic rings. The zero-order valence-electron chi connectivity index (χ0n) is 9.31. The van der Waals surface area contributed by atoms with Gasteiger partial charge in [-0.05, 0) is 34.1 Å². The van der Waals surface area contributed by atoms with Crippen LogP contribution in [0.5, 0.6) is 0 Å². The average molecular weight is 184 g/mol. The second kappa shape index (κ2) is 2.42. The third-order valence-electron chi connectivity index (χ3n) is 4.10. The molecule has 0 spiro atoms. The van der Waals surface area contributed by atoms with E-state index in [0.29, 0.717) is 0 Å². The predicted octanol–water partition coefficient (Wildman–Crippen LogP) is 3.24. The summed E-state index contributed by atoms with van der Waals surface area (Å²) in [5.74, 6) is 2.69. The van der Waals surface area contributed by atoms with Gasteiger partial charge in [-0.1, -0.05) is 39.7 Å². The van der Waals surface area contributed by atoms with Crippen LogP contribution in [0.2, 0.25) is 0 Å². The molecule has 0 N–H and O–H groups in total. The van der Waals surface area contributed by atoms with Gasteiger partial charge in [-0.25, -0.2) is 0 Å². The molecule has 0 heteroatoms. The summed E-state index contributed by atoms with van der Waals surface area (Å²) in [5.41, 5.74) is 4.37. The lowest BCUT2D eigenvalue weighted by Crippen LogP contribution is -2.50. The van der Waals surface area contributed by atoms with Gasteiger partial charge in [0.2, 0.25) is 0 Å². The fourth-order valence-electron chi connectivity index (χ4n) is 2.31. The molecule has 0 atom stereocenters. The first-order valence-corrected chi connectivity index (χ1v) is 5.03. The van der Waals surface area contributed by atoms with Gasteiger partial charge in [0.1, 0.15) is 0 Å². The van der Waals surface area contributed by atoms with E-state index < -0.39 is 0 Å². The standard InChI is InChI=1S/C14H16/c1-6-10-7-8-11-12(9-10)14(4,5)13(11,2)3/h1,7-9H,2-5H3. The number of benzene rings is 1. The van der Waals surface area contributed by atoms with Crippen LogP contribution < -0.4 is 0 Å². The Morgan fingerprint density at radius 2 is 1.57 bits per heavy atom. The maximum absolute atomic E-state index is 5.40. The molecule has 0 saturated heterocycles. The zero-order chi connectivity index (χ0) is 10.6. The Morgan fingerprint density at radius 1 is 1.00 bits per heavy atom. The zero-order valence-corrected chi connectivity index (χ0v) is 9.31. The highest BCUT2D eigenvalue weighted by Gasteiger charge is 2.50. The first-order chi connectivity index (χ1) is 6.41. The Balaban J connectivity index is 2.63. The SMILES string of the molecule is C#Cc1ccc2c(c1)C(C)(C)C2(C)C. The number of terminal acetylenes is 1. The normalized spacial score (nSPS) is 20.5. The third kappa shape index (κ3) is 0.852. The molecule has 0 radical (unpaired) electrons. The molecule has 1 aromatic carbocycles. The molecular formula is C14H16. The van der Waals surface area contributed by atoms with Crippen LogP contribution >= 0.6 is 0 Å². The Kier molecular flexibility index (Phi) is 1.61. The number of fused-ring (bicyclic) bond motifs is 1. The smallest absolute Gasteiger partial charge is 0.0245 e. The van der Waals surface area contributed by atoms with E-state index in [2.05, 4.69) is 45.7 Å². The van der Waals surface area contributed by atoms with Gasteiger partial charge in [-0.15, -0.1) is 6.42 Å². The number of hydrogen-bond donors (Lipinski definition) is 0. The van der Waals surface area contributed by atoms with Crippen molar-refractivity contribution in [3.8, 4) is 12.3 Å². The third-order valence-corrected chi connectivity index (χ3v) is 4.10. The van der Waals surface area contributed by atoms with Crippen molar-refractivity contribution in [1.82, 2.24) is 0 Å². The molecule has 1 aliphatic carbocycles. The van der Waals surface area contributed by atoms with Crippen molar-refractivity contribution in [3.05, 3.63) is 34.9 Å². The highest BCUT2D eigenvalue weighted by molar-refractivity contribution is 5.56. The van der Waals surface area contributed by atoms with Crippen molar-refractivity contribution in [2.24, 2.45) is 0 Å². The van der Waals surface area contributed by atoms with Crippen LogP contribution in [0.15, 0.2) is 18.2 Å². The summed E-state index contributed by atoms with van der Waals surface area (Å²) >= 11 is 0. The van der Waals surface area contributed by atoms with Crippen LogP contribution in [0.25, 0.3) is 0 Å². The number of hydrogen-bond acceptors (Lipinski definition) is 0. The summed E-state index contributed by atoms with van der Waals surface area (Å²) in [6.45, 7) is 9.17. The summed E-state index contributed by atoms with van der Waals surface area (Å²) in [6, 6.07) is 6.37. The van der Waals surface area contributed by atoms with Crippen LogP contribution in [0, 0.1) is 12.3 Å². The molecule has 14 heavy (non-hydrogen) atoms. The van der Waals surface area contributed by atoms with E-state index in [0.717, 1.165) is 5.56 Å². The first kappa shape index (κ1) is 9.34. The van der Waals surface area contributed by atoms with Crippen molar-refractivity contribution in [2.45, 2.75) is 38.5 Å². The van der Waals surface area contributed by atoms with Crippen LogP contribution in [0.3, 0.4) is 0 Å². The number of rotatable bonds is 0. The molecule has 2 rings (SSSR count). The first-order valence-electron chi connectivity index (χ1n) is 5.03. The summed E-state index contributed by atoms with van der Waals surface area (Å²) < 4.78 is 0. The second-order valence-electron chi connectivity index (χ2n) is 5.15. The molecule has 0 amide bonds. The Hall–Kier alpha value is -1.22. The lowest BCUT2D eigenvalue weighted by atomic mass is 9.49. The fraction of sp³-hybridized carbons (Fsp3) is 0.429. The van der Waals surface area contributed by atoms with E-state index in [-0.39, 0.29) is 10.8 Å². The molecule has 0 heterocycles. The molecule has 72 valence electrons. The Labute approximate surface area is 86.3 Å². The Morgan fingerprint density at radius 3 is 2.14 bits per heavy atom. The van der Waals surface area contributed by atoms with Gasteiger partial charge in [-0.3, -0.25) is 0 Å². The molecule has 0 aromatic heterocycles. The van der Waals surface area contributed by atoms with E-state index in [9.17, 15) is 0 Å². The summed E-state index contributed by atoms with van der Waals surface area (Å²) in [5, 5.41) is 0. The summed E-state index contributed by atoms with van der Waals surface area (Å²) in [4.78, 5) is 0. The minimum absolute atomic E-state index is 0.245. The Bertz CT molecular complexity index is 428. The minimum Gasteiger partial charge on any atom is -0.115 e. The van der Waals surface area contributed by atoms with Crippen LogP contribution in [0.1, 0.15) is 44.4 Å². The van der Waals surface area contributed by atoms with Gasteiger partial charge in [0.25, 0.3) is 0 Å². The van der Waals surface area contributed by atoms with Gasteiger partial charge in [0.05, 0.1) is 0 Å². The quantitative estimate of drug-likeness (QED) is 0.543. The van der Waals surface area contributed by atoms with Crippen molar-refractivity contribution < 1.29 is 0 Å². The molecular weight excluding hydrogens is 168 g/mol. The van der Waals surface area contributed by atoms with Crippen molar-refractivity contribution in [1.29, 1.82) is 0 Å². The second-order valence-corrected chi connectivity index (χ2v) is 5.15.